The zero-order chi connectivity index (χ0) is 14.7. The molecule has 21 heavy (non-hydrogen) atoms. The van der Waals surface area contributed by atoms with Crippen LogP contribution in [-0.4, -0.2) is 43.6 Å². The van der Waals surface area contributed by atoms with Crippen LogP contribution in [0.3, 0.4) is 0 Å². The molecule has 3 rings (SSSR count). The molecule has 1 saturated heterocycles. The van der Waals surface area contributed by atoms with Crippen LogP contribution in [0.25, 0.3) is 0 Å². The van der Waals surface area contributed by atoms with Gasteiger partial charge in [0.15, 0.2) is 0 Å². The average Bonchev–Trinajstić information content (AvgIpc) is 3.37. The molecule has 0 aromatic carbocycles. The second-order valence-electron chi connectivity index (χ2n) is 6.12. The fourth-order valence-electron chi connectivity index (χ4n) is 2.96. The lowest BCUT2D eigenvalue weighted by molar-refractivity contribution is 0.0958. The van der Waals surface area contributed by atoms with Gasteiger partial charge in [0.1, 0.15) is 5.69 Å². The van der Waals surface area contributed by atoms with Crippen molar-refractivity contribution < 1.29 is 4.79 Å². The summed E-state index contributed by atoms with van der Waals surface area (Å²) in [7, 11) is 1.64. The predicted octanol–water partition coefficient (Wildman–Crippen LogP) is 1.41. The third-order valence-electron chi connectivity index (χ3n) is 4.36. The lowest BCUT2D eigenvalue weighted by Crippen LogP contribution is -2.40. The highest BCUT2D eigenvalue weighted by molar-refractivity contribution is 5.92. The van der Waals surface area contributed by atoms with Gasteiger partial charge in [0.25, 0.3) is 5.91 Å². The molecular formula is C16H24N4O. The van der Waals surface area contributed by atoms with E-state index in [0.717, 1.165) is 31.4 Å². The summed E-state index contributed by atoms with van der Waals surface area (Å²) in [5, 5.41) is 6.26. The normalized spacial score (nSPS) is 22.1. The van der Waals surface area contributed by atoms with Crippen molar-refractivity contribution in [3.8, 4) is 0 Å². The predicted molar refractivity (Wildman–Crippen MR) is 83.6 cm³/mol. The molecule has 0 bridgehead atoms. The highest BCUT2D eigenvalue weighted by Gasteiger charge is 2.25. The van der Waals surface area contributed by atoms with E-state index in [1.54, 1.807) is 13.2 Å². The first-order chi connectivity index (χ1) is 10.3. The number of aromatic nitrogens is 1. The Hall–Kier alpha value is -1.62. The van der Waals surface area contributed by atoms with E-state index in [1.165, 1.54) is 25.7 Å². The highest BCUT2D eigenvalue weighted by atomic mass is 16.1. The molecule has 1 atom stereocenters. The molecule has 1 aliphatic heterocycles. The lowest BCUT2D eigenvalue weighted by atomic mass is 9.97. The summed E-state index contributed by atoms with van der Waals surface area (Å²) in [6.45, 7) is 3.25. The second kappa shape index (κ2) is 6.43. The molecule has 114 valence electrons. The van der Waals surface area contributed by atoms with Crippen LogP contribution in [0.1, 0.15) is 36.2 Å². The monoisotopic (exact) mass is 288 g/mol. The number of nitrogens with zero attached hydrogens (tertiary/aromatic N) is 2. The van der Waals surface area contributed by atoms with Crippen molar-refractivity contribution in [3.63, 3.8) is 0 Å². The quantitative estimate of drug-likeness (QED) is 0.860. The molecule has 1 saturated carbocycles. The minimum absolute atomic E-state index is 0.124. The van der Waals surface area contributed by atoms with Gasteiger partial charge >= 0.3 is 0 Å². The summed E-state index contributed by atoms with van der Waals surface area (Å²) >= 11 is 0. The Morgan fingerprint density at radius 3 is 3.05 bits per heavy atom. The summed E-state index contributed by atoms with van der Waals surface area (Å²) in [5.74, 6) is 0.580. The van der Waals surface area contributed by atoms with E-state index in [4.69, 9.17) is 0 Å². The topological polar surface area (TPSA) is 57.3 Å². The van der Waals surface area contributed by atoms with Gasteiger partial charge in [-0.3, -0.25) is 9.78 Å². The summed E-state index contributed by atoms with van der Waals surface area (Å²) < 4.78 is 0. The molecule has 2 fully saturated rings. The Kier molecular flexibility index (Phi) is 4.39. The summed E-state index contributed by atoms with van der Waals surface area (Å²) in [4.78, 5) is 18.2. The maximum absolute atomic E-state index is 11.7. The fourth-order valence-corrected chi connectivity index (χ4v) is 2.96. The second-order valence-corrected chi connectivity index (χ2v) is 6.12. The van der Waals surface area contributed by atoms with Gasteiger partial charge in [0.2, 0.25) is 0 Å². The fraction of sp³-hybridized carbons (Fsp3) is 0.625. The van der Waals surface area contributed by atoms with E-state index >= 15 is 0 Å². The molecule has 1 aromatic heterocycles. The number of carbonyl (C=O) groups is 1. The standard InChI is InChI=1S/C16H24N4O/c1-17-16(21)15-9-14(6-7-18-15)20-8-2-3-12(11-20)10-19-13-4-5-13/h6-7,9,12-13,19H,2-5,8,10-11H2,1H3,(H,17,21). The molecule has 1 aliphatic carbocycles. The van der Waals surface area contributed by atoms with E-state index in [-0.39, 0.29) is 5.91 Å². The molecule has 5 heteroatoms. The van der Waals surface area contributed by atoms with Gasteiger partial charge in [-0.15, -0.1) is 0 Å². The number of nitrogens with one attached hydrogen (secondary N) is 2. The number of hydrogen-bond donors (Lipinski definition) is 2. The summed E-state index contributed by atoms with van der Waals surface area (Å²) in [6, 6.07) is 4.68. The Balaban J connectivity index is 1.63. The van der Waals surface area contributed by atoms with E-state index < -0.39 is 0 Å². The Morgan fingerprint density at radius 1 is 1.43 bits per heavy atom. The number of carbonyl (C=O) groups excluding carboxylic acids is 1. The van der Waals surface area contributed by atoms with Crippen LogP contribution >= 0.6 is 0 Å². The first-order valence-corrected chi connectivity index (χ1v) is 7.92. The summed E-state index contributed by atoms with van der Waals surface area (Å²) in [6.07, 6.45) is 6.93. The van der Waals surface area contributed by atoms with E-state index in [9.17, 15) is 4.79 Å². The number of rotatable bonds is 5. The Bertz CT molecular complexity index is 501. The molecule has 1 aromatic rings. The van der Waals surface area contributed by atoms with Crippen LogP contribution in [0.4, 0.5) is 5.69 Å². The third kappa shape index (κ3) is 3.73. The van der Waals surface area contributed by atoms with Crippen LogP contribution in [0, 0.1) is 5.92 Å². The van der Waals surface area contributed by atoms with Crippen molar-refractivity contribution in [2.24, 2.45) is 5.92 Å². The van der Waals surface area contributed by atoms with E-state index in [0.29, 0.717) is 11.6 Å². The first kappa shape index (κ1) is 14.3. The lowest BCUT2D eigenvalue weighted by Gasteiger charge is -2.34. The Labute approximate surface area is 126 Å². The van der Waals surface area contributed by atoms with Gasteiger partial charge in [-0.1, -0.05) is 0 Å². The van der Waals surface area contributed by atoms with E-state index in [2.05, 4.69) is 20.5 Å². The van der Waals surface area contributed by atoms with Crippen LogP contribution in [0.2, 0.25) is 0 Å². The van der Waals surface area contributed by atoms with Crippen molar-refractivity contribution >= 4 is 11.6 Å². The van der Waals surface area contributed by atoms with Gasteiger partial charge in [-0.25, -0.2) is 0 Å². The molecule has 1 amide bonds. The van der Waals surface area contributed by atoms with Gasteiger partial charge in [0.05, 0.1) is 0 Å². The minimum Gasteiger partial charge on any atom is -0.371 e. The Morgan fingerprint density at radius 2 is 2.29 bits per heavy atom. The number of hydrogen-bond acceptors (Lipinski definition) is 4. The maximum Gasteiger partial charge on any atom is 0.269 e. The van der Waals surface area contributed by atoms with Crippen molar-refractivity contribution in [2.75, 3.05) is 31.6 Å². The zero-order valence-corrected chi connectivity index (χ0v) is 12.6. The van der Waals surface area contributed by atoms with Gasteiger partial charge < -0.3 is 15.5 Å². The molecule has 0 radical (unpaired) electrons. The highest BCUT2D eigenvalue weighted by Crippen LogP contribution is 2.24. The summed E-state index contributed by atoms with van der Waals surface area (Å²) in [5.41, 5.74) is 1.60. The smallest absolute Gasteiger partial charge is 0.269 e. The number of amides is 1. The van der Waals surface area contributed by atoms with Gasteiger partial charge in [-0.05, 0) is 50.3 Å². The van der Waals surface area contributed by atoms with Crippen LogP contribution < -0.4 is 15.5 Å². The molecule has 2 N–H and O–H groups in total. The number of piperidine rings is 1. The first-order valence-electron chi connectivity index (χ1n) is 7.92. The van der Waals surface area contributed by atoms with Gasteiger partial charge in [-0.2, -0.15) is 0 Å². The number of pyridine rings is 1. The third-order valence-corrected chi connectivity index (χ3v) is 4.36. The largest absolute Gasteiger partial charge is 0.371 e. The molecule has 2 heterocycles. The van der Waals surface area contributed by atoms with Crippen LogP contribution in [-0.2, 0) is 0 Å². The molecule has 0 spiro atoms. The van der Waals surface area contributed by atoms with Crippen LogP contribution in [0.15, 0.2) is 18.3 Å². The SMILES string of the molecule is CNC(=O)c1cc(N2CCCC(CNC3CC3)C2)ccn1. The number of anilines is 1. The van der Waals surface area contributed by atoms with Gasteiger partial charge in [0, 0.05) is 38.1 Å². The molecule has 2 aliphatic rings. The van der Waals surface area contributed by atoms with Crippen molar-refractivity contribution in [3.05, 3.63) is 24.0 Å². The molecule has 1 unspecified atom stereocenters. The minimum atomic E-state index is -0.124. The van der Waals surface area contributed by atoms with Crippen molar-refractivity contribution in [2.45, 2.75) is 31.7 Å². The molecule has 5 nitrogen and oxygen atoms in total. The van der Waals surface area contributed by atoms with Crippen molar-refractivity contribution in [1.29, 1.82) is 0 Å². The van der Waals surface area contributed by atoms with E-state index in [1.807, 2.05) is 12.1 Å². The van der Waals surface area contributed by atoms with Crippen LogP contribution in [0.5, 0.6) is 0 Å². The average molecular weight is 288 g/mol. The molecular weight excluding hydrogens is 264 g/mol. The maximum atomic E-state index is 11.7. The van der Waals surface area contributed by atoms with Crippen molar-refractivity contribution in [1.82, 2.24) is 15.6 Å². The zero-order valence-electron chi connectivity index (χ0n) is 12.6.